The Bertz CT molecular complexity index is 1200. The Labute approximate surface area is 185 Å². The molecule has 3 heterocycles. The number of para-hydroxylation sites is 1. The summed E-state index contributed by atoms with van der Waals surface area (Å²) in [4.78, 5) is 29.9. The van der Waals surface area contributed by atoms with Crippen molar-refractivity contribution in [3.63, 3.8) is 0 Å². The first-order valence-electron chi connectivity index (χ1n) is 10.8. The summed E-state index contributed by atoms with van der Waals surface area (Å²) in [6.45, 7) is 2.63. The fourth-order valence-electron chi connectivity index (χ4n) is 4.73. The van der Waals surface area contributed by atoms with Crippen molar-refractivity contribution in [2.45, 2.75) is 31.4 Å². The third kappa shape index (κ3) is 3.92. The van der Waals surface area contributed by atoms with Crippen molar-refractivity contribution < 1.29 is 19.5 Å². The molecule has 164 valence electrons. The van der Waals surface area contributed by atoms with Crippen molar-refractivity contribution >= 4 is 28.7 Å². The van der Waals surface area contributed by atoms with Crippen LogP contribution in [0.4, 0.5) is 0 Å². The molecule has 2 aromatic carbocycles. The lowest BCUT2D eigenvalue weighted by atomic mass is 9.82. The van der Waals surface area contributed by atoms with Crippen LogP contribution in [0.3, 0.4) is 0 Å². The van der Waals surface area contributed by atoms with Crippen LogP contribution in [0, 0.1) is 0 Å². The second-order valence-corrected chi connectivity index (χ2v) is 8.59. The Balaban J connectivity index is 1.26. The molecule has 32 heavy (non-hydrogen) atoms. The molecule has 7 nitrogen and oxygen atoms in total. The number of benzene rings is 2. The third-order valence-electron chi connectivity index (χ3n) is 6.49. The van der Waals surface area contributed by atoms with Gasteiger partial charge in [0.1, 0.15) is 11.4 Å². The van der Waals surface area contributed by atoms with E-state index in [0.29, 0.717) is 23.3 Å². The molecule has 0 radical (unpaired) electrons. The lowest BCUT2D eigenvalue weighted by Gasteiger charge is -2.44. The molecule has 7 heteroatoms. The average Bonchev–Trinajstić information content (AvgIpc) is 3.22. The Morgan fingerprint density at radius 2 is 2.03 bits per heavy atom. The van der Waals surface area contributed by atoms with Crippen molar-refractivity contribution in [1.29, 1.82) is 0 Å². The predicted molar refractivity (Wildman–Crippen MR) is 121 cm³/mol. The maximum Gasteiger partial charge on any atom is 0.267 e. The van der Waals surface area contributed by atoms with E-state index in [4.69, 9.17) is 9.94 Å². The number of H-pyrrole nitrogens is 1. The Kier molecular flexibility index (Phi) is 5.28. The lowest BCUT2D eigenvalue weighted by molar-refractivity contribution is -0.124. The van der Waals surface area contributed by atoms with Gasteiger partial charge in [0, 0.05) is 55.7 Å². The van der Waals surface area contributed by atoms with E-state index in [-0.39, 0.29) is 5.78 Å². The van der Waals surface area contributed by atoms with Crippen molar-refractivity contribution in [1.82, 2.24) is 15.4 Å². The standard InChI is InChI=1S/C25H25N3O4/c29-22-14-25(32-23-7-5-17(13-20(22)23)6-8-24(30)27-31)9-11-28(12-10-25)16-18-15-26-21-4-2-1-3-19(18)21/h1-8,13,15,26,31H,9-12,14,16H2,(H,27,30). The normalized spacial score (nSPS) is 18.1. The number of nitrogens with zero attached hydrogens (tertiary/aromatic N) is 1. The number of piperidine rings is 1. The summed E-state index contributed by atoms with van der Waals surface area (Å²) in [6.07, 6.45) is 6.82. The number of nitrogens with one attached hydrogen (secondary N) is 2. The number of Topliss-reactive ketones (excluding diaryl/α,β-unsaturated/α-hetero) is 1. The Morgan fingerprint density at radius 1 is 1.22 bits per heavy atom. The van der Waals surface area contributed by atoms with Crippen LogP contribution in [0.1, 0.15) is 40.7 Å². The zero-order valence-corrected chi connectivity index (χ0v) is 17.6. The van der Waals surface area contributed by atoms with Crippen LogP contribution in [-0.4, -0.2) is 45.5 Å². The summed E-state index contributed by atoms with van der Waals surface area (Å²) in [7, 11) is 0. The van der Waals surface area contributed by atoms with E-state index in [1.54, 1.807) is 29.8 Å². The first kappa shape index (κ1) is 20.5. The number of amides is 1. The summed E-state index contributed by atoms with van der Waals surface area (Å²) >= 11 is 0. The van der Waals surface area contributed by atoms with Crippen LogP contribution >= 0.6 is 0 Å². The summed E-state index contributed by atoms with van der Waals surface area (Å²) < 4.78 is 6.39. The number of aromatic nitrogens is 1. The van der Waals surface area contributed by atoms with E-state index in [0.717, 1.165) is 38.0 Å². The summed E-state index contributed by atoms with van der Waals surface area (Å²) in [5, 5.41) is 9.85. The van der Waals surface area contributed by atoms with Crippen LogP contribution in [0.2, 0.25) is 0 Å². The smallest absolute Gasteiger partial charge is 0.267 e. The molecule has 0 bridgehead atoms. The number of hydrogen-bond donors (Lipinski definition) is 3. The maximum absolute atomic E-state index is 12.9. The highest BCUT2D eigenvalue weighted by Crippen LogP contribution is 2.40. The van der Waals surface area contributed by atoms with Gasteiger partial charge >= 0.3 is 0 Å². The van der Waals surface area contributed by atoms with Crippen molar-refractivity contribution in [3.8, 4) is 5.75 Å². The highest BCUT2D eigenvalue weighted by Gasteiger charge is 2.42. The van der Waals surface area contributed by atoms with Gasteiger partial charge in [-0.2, -0.15) is 0 Å². The number of hydrogen-bond acceptors (Lipinski definition) is 5. The molecule has 1 saturated heterocycles. The Hall–Kier alpha value is -3.42. The number of ketones is 1. The van der Waals surface area contributed by atoms with Gasteiger partial charge in [0.25, 0.3) is 5.91 Å². The second-order valence-electron chi connectivity index (χ2n) is 8.59. The predicted octanol–water partition coefficient (Wildman–Crippen LogP) is 3.69. The number of hydroxylamine groups is 1. The van der Waals surface area contributed by atoms with Crippen molar-refractivity contribution in [2.24, 2.45) is 0 Å². The second kappa shape index (κ2) is 8.26. The molecule has 0 atom stereocenters. The van der Waals surface area contributed by atoms with Gasteiger partial charge in [0.15, 0.2) is 5.78 Å². The fraction of sp³-hybridized carbons (Fsp3) is 0.280. The van der Waals surface area contributed by atoms with Gasteiger partial charge in [-0.05, 0) is 35.4 Å². The van der Waals surface area contributed by atoms with Gasteiger partial charge in [-0.15, -0.1) is 0 Å². The van der Waals surface area contributed by atoms with E-state index < -0.39 is 11.5 Å². The van der Waals surface area contributed by atoms with E-state index in [9.17, 15) is 9.59 Å². The number of ether oxygens (including phenoxy) is 1. The number of fused-ring (bicyclic) bond motifs is 2. The third-order valence-corrected chi connectivity index (χ3v) is 6.49. The topological polar surface area (TPSA) is 94.7 Å². The van der Waals surface area contributed by atoms with Gasteiger partial charge in [-0.3, -0.25) is 19.7 Å². The zero-order valence-electron chi connectivity index (χ0n) is 17.6. The van der Waals surface area contributed by atoms with Crippen LogP contribution in [-0.2, 0) is 11.3 Å². The van der Waals surface area contributed by atoms with Crippen molar-refractivity contribution in [2.75, 3.05) is 13.1 Å². The fourth-order valence-corrected chi connectivity index (χ4v) is 4.73. The number of likely N-dealkylation sites (tertiary alicyclic amines) is 1. The minimum Gasteiger partial charge on any atom is -0.486 e. The molecule has 2 aliphatic rings. The molecule has 0 unspecified atom stereocenters. The van der Waals surface area contributed by atoms with Gasteiger partial charge < -0.3 is 9.72 Å². The quantitative estimate of drug-likeness (QED) is 0.333. The number of rotatable bonds is 4. The van der Waals surface area contributed by atoms with E-state index in [1.807, 2.05) is 6.07 Å². The number of carbonyl (C=O) groups excluding carboxylic acids is 2. The number of carbonyl (C=O) groups is 2. The average molecular weight is 431 g/mol. The minimum atomic E-state index is -0.622. The van der Waals surface area contributed by atoms with Gasteiger partial charge in [0.2, 0.25) is 0 Å². The molecule has 1 fully saturated rings. The van der Waals surface area contributed by atoms with Gasteiger partial charge in [-0.25, -0.2) is 5.48 Å². The monoisotopic (exact) mass is 431 g/mol. The first-order valence-corrected chi connectivity index (χ1v) is 10.8. The van der Waals surface area contributed by atoms with Crippen molar-refractivity contribution in [3.05, 3.63) is 71.4 Å². The first-order chi connectivity index (χ1) is 15.5. The summed E-state index contributed by atoms with van der Waals surface area (Å²) in [5.41, 5.74) is 4.79. The molecule has 1 aromatic heterocycles. The molecule has 0 aliphatic carbocycles. The maximum atomic E-state index is 12.9. The van der Waals surface area contributed by atoms with Crippen LogP contribution in [0.5, 0.6) is 5.75 Å². The SMILES string of the molecule is O=C(C=Cc1ccc2c(c1)C(=O)CC1(CCN(Cc3c[nH]c4ccccc34)CC1)O2)NO. The lowest BCUT2D eigenvalue weighted by Crippen LogP contribution is -2.50. The van der Waals surface area contributed by atoms with Gasteiger partial charge in [-0.1, -0.05) is 24.3 Å². The largest absolute Gasteiger partial charge is 0.486 e. The molecule has 0 saturated carbocycles. The van der Waals surface area contributed by atoms with Crippen LogP contribution in [0.15, 0.2) is 54.7 Å². The zero-order chi connectivity index (χ0) is 22.1. The minimum absolute atomic E-state index is 0.0678. The number of aromatic amines is 1. The van der Waals surface area contributed by atoms with Crippen LogP contribution in [0.25, 0.3) is 17.0 Å². The molecular weight excluding hydrogens is 406 g/mol. The van der Waals surface area contributed by atoms with Crippen LogP contribution < -0.4 is 10.2 Å². The molecule has 3 aromatic rings. The highest BCUT2D eigenvalue weighted by molar-refractivity contribution is 6.01. The molecular formula is C25H25N3O4. The molecule has 1 spiro atoms. The van der Waals surface area contributed by atoms with E-state index in [1.165, 1.54) is 17.0 Å². The molecule has 2 aliphatic heterocycles. The molecule has 3 N–H and O–H groups in total. The van der Waals surface area contributed by atoms with E-state index in [2.05, 4.69) is 34.3 Å². The van der Waals surface area contributed by atoms with E-state index >= 15 is 0 Å². The molecule has 1 amide bonds. The summed E-state index contributed by atoms with van der Waals surface area (Å²) in [6, 6.07) is 13.7. The summed E-state index contributed by atoms with van der Waals surface area (Å²) in [5.74, 6) is 0.0527. The molecule has 5 rings (SSSR count). The highest BCUT2D eigenvalue weighted by atomic mass is 16.5. The Morgan fingerprint density at radius 3 is 2.84 bits per heavy atom. The van der Waals surface area contributed by atoms with Gasteiger partial charge in [0.05, 0.1) is 12.0 Å².